The number of oxazole rings is 1. The first kappa shape index (κ1) is 100. The predicted octanol–water partition coefficient (Wildman–Crippen LogP) is 9.01. The van der Waals surface area contributed by atoms with Crippen molar-refractivity contribution in [1.82, 2.24) is 78.4 Å². The number of hydrogen-bond acceptors (Lipinski definition) is 31. The molecule has 6 N–H and O–H groups in total. The lowest BCUT2D eigenvalue weighted by molar-refractivity contribution is -0.125. The second-order valence-electron chi connectivity index (χ2n) is 35.9. The summed E-state index contributed by atoms with van der Waals surface area (Å²) in [5.74, 6) is 4.28. The summed E-state index contributed by atoms with van der Waals surface area (Å²) >= 11 is 0. The molecule has 44 heteroatoms. The fourth-order valence-corrected chi connectivity index (χ4v) is 20.0. The molecule has 6 aromatic heterocycles. The molecule has 0 spiro atoms. The third kappa shape index (κ3) is 28.7. The number of anilines is 6. The van der Waals surface area contributed by atoms with E-state index in [1.807, 2.05) is 62.1 Å². The van der Waals surface area contributed by atoms with Crippen LogP contribution in [-0.4, -0.2) is 270 Å². The highest BCUT2D eigenvalue weighted by atomic mass is 32.2. The van der Waals surface area contributed by atoms with Gasteiger partial charge in [-0.1, -0.05) is 26.8 Å². The van der Waals surface area contributed by atoms with Gasteiger partial charge in [0.2, 0.25) is 61.7 Å². The van der Waals surface area contributed by atoms with Gasteiger partial charge in [0, 0.05) is 161 Å². The molecule has 6 aliphatic rings. The number of sulfonamides is 5. The minimum Gasteiger partial charge on any atom is -0.478 e. The molecule has 134 heavy (non-hydrogen) atoms. The molecule has 38 nitrogen and oxygen atoms in total. The van der Waals surface area contributed by atoms with E-state index < -0.39 is 61.9 Å². The summed E-state index contributed by atoms with van der Waals surface area (Å²) in [6.07, 6.45) is 26.7. The Morgan fingerprint density at radius 2 is 0.799 bits per heavy atom. The summed E-state index contributed by atoms with van der Waals surface area (Å²) in [4.78, 5) is 87.9. The van der Waals surface area contributed by atoms with E-state index in [4.69, 9.17) is 20.8 Å². The molecule has 6 fully saturated rings. The number of carboxylic acid groups (broad SMARTS) is 1. The fraction of sp³-hybridized carbons (Fsp3) is 0.489. The first-order valence-electron chi connectivity index (χ1n) is 44.5. The Hall–Kier alpha value is -11.1. The lowest BCUT2D eigenvalue weighted by atomic mass is 9.87. The highest BCUT2D eigenvalue weighted by molar-refractivity contribution is 7.89. The number of carboxylic acids is 1. The zero-order valence-corrected chi connectivity index (χ0v) is 80.4. The van der Waals surface area contributed by atoms with Gasteiger partial charge in [-0.2, -0.15) is 0 Å². The van der Waals surface area contributed by atoms with Crippen LogP contribution in [0.1, 0.15) is 101 Å². The van der Waals surface area contributed by atoms with Crippen molar-refractivity contribution < 1.29 is 70.3 Å². The summed E-state index contributed by atoms with van der Waals surface area (Å²) < 4.78 is 152. The number of benzene rings is 5. The van der Waals surface area contributed by atoms with Gasteiger partial charge in [-0.05, 0) is 178 Å². The first-order chi connectivity index (χ1) is 63.7. The number of hydrogen-bond donors (Lipinski definition) is 6. The van der Waals surface area contributed by atoms with E-state index in [1.165, 1.54) is 55.3 Å². The normalized spacial score (nSPS) is 18.9. The average Bonchev–Trinajstić information content (AvgIpc) is 0.944. The Labute approximate surface area is 781 Å². The van der Waals surface area contributed by atoms with Gasteiger partial charge >= 0.3 is 5.97 Å². The van der Waals surface area contributed by atoms with Gasteiger partial charge in [-0.3, -0.25) is 4.79 Å². The maximum Gasteiger partial charge on any atom is 0.335 e. The van der Waals surface area contributed by atoms with E-state index in [-0.39, 0.29) is 52.0 Å². The molecular formula is C90H116FN23O15S5. The Bertz CT molecular complexity index is 6640. The van der Waals surface area contributed by atoms with Gasteiger partial charge in [0.05, 0.1) is 90.4 Å². The van der Waals surface area contributed by atoms with Crippen LogP contribution in [0.4, 0.5) is 44.9 Å². The molecule has 5 unspecified atom stereocenters. The van der Waals surface area contributed by atoms with E-state index in [0.717, 1.165) is 228 Å². The van der Waals surface area contributed by atoms with E-state index in [2.05, 4.69) is 126 Å². The van der Waals surface area contributed by atoms with Crippen LogP contribution < -0.4 is 53.0 Å². The first-order valence-corrected chi connectivity index (χ1v) is 53.9. The quantitative estimate of drug-likeness (QED) is 0.0290. The van der Waals surface area contributed by atoms with Crippen LogP contribution in [0.25, 0.3) is 70.8 Å². The molecule has 0 saturated carbocycles. The zero-order valence-electron chi connectivity index (χ0n) is 76.4. The number of halogens is 1. The van der Waals surface area contributed by atoms with Crippen LogP contribution in [0.15, 0.2) is 133 Å². The second kappa shape index (κ2) is 44.6. The number of Topliss-reactive ketones (excluding diaryl/α,β-unsaturated/α-hetero) is 1. The van der Waals surface area contributed by atoms with Crippen molar-refractivity contribution in [3.63, 3.8) is 0 Å². The standard InChI is InChI=1S/C21H30N4O3S.C19H27N5O3S.C18H21N5O3S.C16H18FN5O2S.C16H20N4O4S/c1-21(2,3)19(26)11-15-7-8-18-17(10-15)20(23-14-22-18)25-9-5-6-16(13-25)12-24-29(4,27)28;1-28(25,26)22-12-15-3-2-6-24(13-15)19-17-11-16(23-7-9-27-10-8-23)4-5-18(17)20-14-21-19;1-27(24,25)22-10-13-3-2-7-23(11-13)17-15-9-14(18-19-6-8-26-18)4-5-16(15)20-12-21-17;1-18-15-7-14-12(6-13(15)17)16(20-10-19-14)22-5-3-4-11(9-22)8-21-25(2,23)24;1-25(23,24)19-8-11-3-2-6-20(9-11)15-13-5-4-12(16(21)22)7-14(13)17-10-18-15/h7-8,10,14,16,24H,5-6,9,11-13H2,1-4H3;4-5,11,14-15,22H,2-3,6-10,12-13H2,1H3;4-6,8-9,12-13,22H,2-3,7,10-11H2,1H3;6-7,10-11,21H,3-5,8-9H2,2H3;4-5,7,10-11,19H,2-3,6,8-9H2,1H3,(H,21,22). The Morgan fingerprint density at radius 3 is 1.18 bits per heavy atom. The van der Waals surface area contributed by atoms with Crippen molar-refractivity contribution in [2.45, 2.75) is 91.4 Å². The lowest BCUT2D eigenvalue weighted by Gasteiger charge is -2.34. The van der Waals surface area contributed by atoms with Crippen molar-refractivity contribution in [1.29, 1.82) is 0 Å². The van der Waals surface area contributed by atoms with Crippen LogP contribution in [0.5, 0.6) is 0 Å². The van der Waals surface area contributed by atoms with Crippen LogP contribution >= 0.6 is 0 Å². The minimum absolute atomic E-state index is 0.0639. The number of nitrogens with one attached hydrogen (secondary N) is 5. The second-order valence-corrected chi connectivity index (χ2v) is 45.1. The van der Waals surface area contributed by atoms with Gasteiger partial charge in [0.15, 0.2) is 0 Å². The molecule has 17 rings (SSSR count). The molecule has 0 bridgehead atoms. The van der Waals surface area contributed by atoms with Gasteiger partial charge < -0.3 is 43.7 Å². The van der Waals surface area contributed by atoms with Crippen molar-refractivity contribution >= 4 is 157 Å². The highest BCUT2D eigenvalue weighted by Gasteiger charge is 2.32. The molecule has 11 aromatic rings. The number of aromatic carboxylic acids is 1. The van der Waals surface area contributed by atoms with Gasteiger partial charge in [-0.15, -0.1) is 0 Å². The van der Waals surface area contributed by atoms with Crippen LogP contribution in [0.3, 0.4) is 0 Å². The number of ether oxygens (including phenoxy) is 1. The average molecular weight is 1940 g/mol. The van der Waals surface area contributed by atoms with Gasteiger partial charge in [-0.25, -0.2) is 135 Å². The smallest absolute Gasteiger partial charge is 0.335 e. The van der Waals surface area contributed by atoms with Crippen LogP contribution in [-0.2, 0) is 66.1 Å². The summed E-state index contributed by atoms with van der Waals surface area (Å²) in [5.41, 5.74) is 6.48. The SMILES string of the molecule is CC(C)(C)C(=O)Cc1ccc2ncnc(N3CCCC(CNS(C)(=O)=O)C3)c2c1.CS(=O)(=O)NCC1CCCN(c2ncnc3cc(C(=O)O)ccc23)C1.CS(=O)(=O)NCC1CCCN(c2ncnc3ccc(-c4ncco4)cc23)C1.CS(=O)(=O)NCC1CCCN(c2ncnc3ccc(N4CCOCC4)cc23)C1.[C-]#[N+]c1cc2ncnc(N3CCCC(CNS(C)(=O)=O)C3)c2cc1F. The molecule has 5 aromatic carbocycles. The number of carbonyl (C=O) groups excluding carboxylic acids is 1. The largest absolute Gasteiger partial charge is 0.478 e. The molecule has 0 amide bonds. The third-order valence-electron chi connectivity index (χ3n) is 24.1. The number of aromatic nitrogens is 11. The predicted molar refractivity (Wildman–Crippen MR) is 516 cm³/mol. The maximum atomic E-state index is 14.0. The molecule has 718 valence electrons. The topological polar surface area (TPSA) is 473 Å². The molecule has 12 heterocycles. The number of fused-ring (bicyclic) bond motifs is 5. The molecule has 0 radical (unpaired) electrons. The van der Waals surface area contributed by atoms with Crippen molar-refractivity contribution in [3.05, 3.63) is 157 Å². The van der Waals surface area contributed by atoms with E-state index in [9.17, 15) is 56.1 Å². The monoisotopic (exact) mass is 1940 g/mol. The highest BCUT2D eigenvalue weighted by Crippen LogP contribution is 2.37. The minimum atomic E-state index is -3.23. The summed E-state index contributed by atoms with van der Waals surface area (Å²) in [6, 6.07) is 25.7. The van der Waals surface area contributed by atoms with E-state index in [0.29, 0.717) is 80.4 Å². The van der Waals surface area contributed by atoms with Gasteiger partial charge in [0.1, 0.15) is 78.6 Å². The number of morpholine rings is 1. The molecule has 0 aliphatic carbocycles. The molecular weight excluding hydrogens is 1820 g/mol. The summed E-state index contributed by atoms with van der Waals surface area (Å²) in [6.45, 7) is 26.0. The number of nitrogens with zero attached hydrogens (tertiary/aromatic N) is 18. The zero-order chi connectivity index (χ0) is 95.7. The van der Waals surface area contributed by atoms with Crippen molar-refractivity contribution in [3.8, 4) is 11.5 Å². The summed E-state index contributed by atoms with van der Waals surface area (Å²) in [7, 11) is -16.0. The number of carbonyl (C=O) groups is 2. The lowest BCUT2D eigenvalue weighted by Crippen LogP contribution is -2.41. The maximum absolute atomic E-state index is 14.0. The van der Waals surface area contributed by atoms with Crippen molar-refractivity contribution in [2.24, 2.45) is 35.0 Å². The Morgan fingerprint density at radius 1 is 0.433 bits per heavy atom. The number of ketones is 1. The number of piperidine rings is 5. The molecule has 6 aliphatic heterocycles. The van der Waals surface area contributed by atoms with E-state index in [1.54, 1.807) is 43.6 Å². The Balaban J connectivity index is 0.000000142. The van der Waals surface area contributed by atoms with Gasteiger partial charge in [0.25, 0.3) is 0 Å². The van der Waals surface area contributed by atoms with Crippen molar-refractivity contribution in [2.75, 3.05) is 185 Å². The van der Waals surface area contributed by atoms with E-state index >= 15 is 0 Å². The van der Waals surface area contributed by atoms with Crippen LogP contribution in [0.2, 0.25) is 0 Å². The van der Waals surface area contributed by atoms with Crippen LogP contribution in [0, 0.1) is 47.4 Å². The summed E-state index contributed by atoms with van der Waals surface area (Å²) in [5, 5.41) is 13.4. The molecule has 6 saturated heterocycles. The Kier molecular flexibility index (Phi) is 33.4. The molecule has 5 atom stereocenters. The fourth-order valence-electron chi connectivity index (χ4n) is 17.3. The number of rotatable bonds is 25. The third-order valence-corrected chi connectivity index (χ3v) is 27.5.